The number of carboxylic acid groups (broad SMARTS) is 1. The van der Waals surface area contributed by atoms with Gasteiger partial charge in [-0.05, 0) is 24.3 Å². The molecule has 18 heavy (non-hydrogen) atoms. The van der Waals surface area contributed by atoms with E-state index in [0.717, 1.165) is 0 Å². The van der Waals surface area contributed by atoms with Crippen molar-refractivity contribution in [3.8, 4) is 0 Å². The molecule has 0 aliphatic carbocycles. The molecule has 0 aliphatic rings. The quantitative estimate of drug-likeness (QED) is 0.877. The lowest BCUT2D eigenvalue weighted by atomic mass is 10.3. The molecule has 0 fully saturated rings. The molecule has 4 nitrogen and oxygen atoms in total. The lowest BCUT2D eigenvalue weighted by Gasteiger charge is -2.02. The number of rotatable bonds is 3. The molecule has 0 amide bonds. The summed E-state index contributed by atoms with van der Waals surface area (Å²) < 4.78 is 0. The summed E-state index contributed by atoms with van der Waals surface area (Å²) in [6.45, 7) is 0. The highest BCUT2D eigenvalue weighted by Gasteiger charge is 2.09. The molecule has 0 radical (unpaired) electrons. The van der Waals surface area contributed by atoms with E-state index in [4.69, 9.17) is 28.3 Å². The minimum Gasteiger partial charge on any atom is -0.478 e. The lowest BCUT2D eigenvalue weighted by Crippen LogP contribution is -1.97. The van der Waals surface area contributed by atoms with Gasteiger partial charge in [0.2, 0.25) is 0 Å². The van der Waals surface area contributed by atoms with Crippen molar-refractivity contribution >= 4 is 40.9 Å². The zero-order valence-electron chi connectivity index (χ0n) is 8.80. The van der Waals surface area contributed by atoms with Crippen molar-refractivity contribution in [2.24, 2.45) is 0 Å². The Morgan fingerprint density at radius 1 is 1.22 bits per heavy atom. The van der Waals surface area contributed by atoms with E-state index in [1.54, 1.807) is 12.1 Å². The highest BCUT2D eigenvalue weighted by Crippen LogP contribution is 2.27. The fourth-order valence-corrected chi connectivity index (χ4v) is 2.33. The maximum atomic E-state index is 10.9. The number of aromatic nitrogens is 2. The fraction of sp³-hybridized carbons (Fsp3) is 0. The van der Waals surface area contributed by atoms with Crippen LogP contribution in [0, 0.1) is 0 Å². The number of nitrogens with zero attached hydrogens (tertiary/aromatic N) is 2. The predicted molar refractivity (Wildman–Crippen MR) is 69.6 cm³/mol. The SMILES string of the molecule is O=C(O)c1cc(Cl)nc(Sc2ccc(Cl)cn2)c1. The van der Waals surface area contributed by atoms with Gasteiger partial charge in [-0.25, -0.2) is 14.8 Å². The molecule has 2 aromatic heterocycles. The van der Waals surface area contributed by atoms with Crippen molar-refractivity contribution < 1.29 is 9.90 Å². The molecule has 2 rings (SSSR count). The van der Waals surface area contributed by atoms with Crippen molar-refractivity contribution in [3.05, 3.63) is 46.2 Å². The maximum Gasteiger partial charge on any atom is 0.335 e. The van der Waals surface area contributed by atoms with Gasteiger partial charge in [0.1, 0.15) is 15.2 Å². The van der Waals surface area contributed by atoms with Crippen LogP contribution in [0.4, 0.5) is 0 Å². The van der Waals surface area contributed by atoms with Gasteiger partial charge in [0.15, 0.2) is 0 Å². The minimum absolute atomic E-state index is 0.0893. The van der Waals surface area contributed by atoms with Gasteiger partial charge in [-0.1, -0.05) is 35.0 Å². The third-order valence-electron chi connectivity index (χ3n) is 1.93. The first-order chi connectivity index (χ1) is 8.54. The number of carbonyl (C=O) groups is 1. The molecule has 0 saturated carbocycles. The van der Waals surface area contributed by atoms with Crippen LogP contribution < -0.4 is 0 Å². The molecule has 0 aliphatic heterocycles. The predicted octanol–water partition coefficient (Wildman–Crippen LogP) is 3.63. The van der Waals surface area contributed by atoms with Gasteiger partial charge in [0.05, 0.1) is 10.6 Å². The van der Waals surface area contributed by atoms with Gasteiger partial charge in [-0.15, -0.1) is 0 Å². The van der Waals surface area contributed by atoms with E-state index in [-0.39, 0.29) is 10.7 Å². The van der Waals surface area contributed by atoms with E-state index in [9.17, 15) is 4.79 Å². The molecule has 1 N–H and O–H groups in total. The minimum atomic E-state index is -1.05. The molecular formula is C11H6Cl2N2O2S. The summed E-state index contributed by atoms with van der Waals surface area (Å²) in [5, 5.41) is 10.7. The summed E-state index contributed by atoms with van der Waals surface area (Å²) in [5.74, 6) is -1.05. The first-order valence-electron chi connectivity index (χ1n) is 4.75. The standard InChI is InChI=1S/C11H6Cl2N2O2S/c12-7-1-2-9(14-5-7)18-10-4-6(11(16)17)3-8(13)15-10/h1-5H,(H,16,17). The van der Waals surface area contributed by atoms with E-state index in [2.05, 4.69) is 9.97 Å². The van der Waals surface area contributed by atoms with Gasteiger partial charge in [-0.2, -0.15) is 0 Å². The highest BCUT2D eigenvalue weighted by molar-refractivity contribution is 7.99. The third-order valence-corrected chi connectivity index (χ3v) is 3.21. The summed E-state index contributed by atoms with van der Waals surface area (Å²) in [4.78, 5) is 19.0. The van der Waals surface area contributed by atoms with Crippen LogP contribution >= 0.6 is 35.0 Å². The van der Waals surface area contributed by atoms with E-state index in [0.29, 0.717) is 15.1 Å². The number of halogens is 2. The zero-order valence-corrected chi connectivity index (χ0v) is 11.1. The monoisotopic (exact) mass is 300 g/mol. The average Bonchev–Trinajstić information content (AvgIpc) is 2.31. The summed E-state index contributed by atoms with van der Waals surface area (Å²) in [7, 11) is 0. The largest absolute Gasteiger partial charge is 0.478 e. The second-order valence-electron chi connectivity index (χ2n) is 3.24. The van der Waals surface area contributed by atoms with Gasteiger partial charge >= 0.3 is 5.97 Å². The van der Waals surface area contributed by atoms with Crippen LogP contribution in [-0.4, -0.2) is 21.0 Å². The highest BCUT2D eigenvalue weighted by atomic mass is 35.5. The fourth-order valence-electron chi connectivity index (χ4n) is 1.18. The number of pyridine rings is 2. The van der Waals surface area contributed by atoms with Gasteiger partial charge in [0.25, 0.3) is 0 Å². The number of hydrogen-bond acceptors (Lipinski definition) is 4. The molecule has 2 aromatic rings. The Balaban J connectivity index is 2.28. The van der Waals surface area contributed by atoms with Crippen molar-refractivity contribution in [1.29, 1.82) is 0 Å². The van der Waals surface area contributed by atoms with Crippen LogP contribution in [0.25, 0.3) is 0 Å². The number of carboxylic acids is 1. The Kier molecular flexibility index (Phi) is 4.06. The third kappa shape index (κ3) is 3.35. The van der Waals surface area contributed by atoms with Crippen molar-refractivity contribution in [2.45, 2.75) is 10.1 Å². The summed E-state index contributed by atoms with van der Waals surface area (Å²) in [5.41, 5.74) is 0.0893. The molecule has 0 aromatic carbocycles. The van der Waals surface area contributed by atoms with E-state index in [1.807, 2.05) is 0 Å². The van der Waals surface area contributed by atoms with Crippen LogP contribution in [0.15, 0.2) is 40.5 Å². The Labute approximate surface area is 117 Å². The van der Waals surface area contributed by atoms with E-state index in [1.165, 1.54) is 30.1 Å². The average molecular weight is 301 g/mol. The number of aromatic carboxylic acids is 1. The second-order valence-corrected chi connectivity index (χ2v) is 5.10. The first-order valence-corrected chi connectivity index (χ1v) is 6.32. The molecule has 0 spiro atoms. The van der Waals surface area contributed by atoms with E-state index >= 15 is 0 Å². The van der Waals surface area contributed by atoms with Crippen LogP contribution in [0.1, 0.15) is 10.4 Å². The summed E-state index contributed by atoms with van der Waals surface area (Å²) in [6.07, 6.45) is 1.51. The van der Waals surface area contributed by atoms with E-state index < -0.39 is 5.97 Å². The Morgan fingerprint density at radius 2 is 2.00 bits per heavy atom. The van der Waals surface area contributed by atoms with Crippen LogP contribution in [0.2, 0.25) is 10.2 Å². The topological polar surface area (TPSA) is 63.1 Å². The zero-order chi connectivity index (χ0) is 13.1. The molecule has 2 heterocycles. The van der Waals surface area contributed by atoms with Gasteiger partial charge < -0.3 is 5.11 Å². The number of hydrogen-bond donors (Lipinski definition) is 1. The molecular weight excluding hydrogens is 295 g/mol. The Bertz CT molecular complexity index is 590. The van der Waals surface area contributed by atoms with Crippen molar-refractivity contribution in [1.82, 2.24) is 9.97 Å². The first kappa shape index (κ1) is 13.1. The molecule has 92 valence electrons. The van der Waals surface area contributed by atoms with Gasteiger partial charge in [0, 0.05) is 6.20 Å². The van der Waals surface area contributed by atoms with Gasteiger partial charge in [-0.3, -0.25) is 0 Å². The molecule has 0 bridgehead atoms. The smallest absolute Gasteiger partial charge is 0.335 e. The molecule has 0 atom stereocenters. The lowest BCUT2D eigenvalue weighted by molar-refractivity contribution is 0.0696. The normalized spacial score (nSPS) is 10.3. The maximum absolute atomic E-state index is 10.9. The summed E-state index contributed by atoms with van der Waals surface area (Å²) in [6, 6.07) is 6.15. The van der Waals surface area contributed by atoms with Crippen molar-refractivity contribution in [2.75, 3.05) is 0 Å². The van der Waals surface area contributed by atoms with Crippen LogP contribution in [0.3, 0.4) is 0 Å². The Morgan fingerprint density at radius 3 is 2.61 bits per heavy atom. The summed E-state index contributed by atoms with van der Waals surface area (Å²) >= 11 is 12.7. The Hall–Kier alpha value is -1.30. The van der Waals surface area contributed by atoms with Crippen LogP contribution in [-0.2, 0) is 0 Å². The second kappa shape index (κ2) is 5.56. The van der Waals surface area contributed by atoms with Crippen LogP contribution in [0.5, 0.6) is 0 Å². The van der Waals surface area contributed by atoms with Crippen molar-refractivity contribution in [3.63, 3.8) is 0 Å². The molecule has 7 heteroatoms. The molecule has 0 unspecified atom stereocenters. The molecule has 0 saturated heterocycles.